The second kappa shape index (κ2) is 7.62. The van der Waals surface area contributed by atoms with Crippen LogP contribution in [0.25, 0.3) is 5.69 Å². The first-order valence-electron chi connectivity index (χ1n) is 10.8. The zero-order valence-corrected chi connectivity index (χ0v) is 19.9. The van der Waals surface area contributed by atoms with Crippen molar-refractivity contribution in [2.45, 2.75) is 51.8 Å². The van der Waals surface area contributed by atoms with E-state index >= 15 is 0 Å². The second-order valence-corrected chi connectivity index (χ2v) is 9.94. The van der Waals surface area contributed by atoms with Crippen LogP contribution in [0.15, 0.2) is 52.1 Å². The van der Waals surface area contributed by atoms with E-state index in [1.54, 1.807) is 27.6 Å². The number of carbonyl (C=O) groups is 1. The van der Waals surface area contributed by atoms with Gasteiger partial charge >= 0.3 is 0 Å². The van der Waals surface area contributed by atoms with E-state index in [1.807, 2.05) is 37.1 Å². The number of benzene rings is 1. The molecule has 2 aliphatic rings. The molecule has 8 heteroatoms. The molecule has 7 nitrogen and oxygen atoms in total. The Hall–Kier alpha value is -2.87. The van der Waals surface area contributed by atoms with E-state index in [-0.39, 0.29) is 17.5 Å². The van der Waals surface area contributed by atoms with E-state index in [9.17, 15) is 9.59 Å². The fourth-order valence-corrected chi connectivity index (χ4v) is 5.06. The number of fused-ring (bicyclic) bond motifs is 2. The molecule has 0 N–H and O–H groups in total. The smallest absolute Gasteiger partial charge is 0.275 e. The third kappa shape index (κ3) is 3.56. The molecule has 0 aliphatic carbocycles. The van der Waals surface area contributed by atoms with Crippen molar-refractivity contribution in [1.82, 2.24) is 19.0 Å². The Morgan fingerprint density at radius 3 is 2.81 bits per heavy atom. The molecule has 32 heavy (non-hydrogen) atoms. The van der Waals surface area contributed by atoms with Crippen LogP contribution in [-0.2, 0) is 13.0 Å². The maximum absolute atomic E-state index is 13.4. The molecule has 0 spiro atoms. The Bertz CT molecular complexity index is 1280. The number of hydrogen-bond donors (Lipinski definition) is 0. The summed E-state index contributed by atoms with van der Waals surface area (Å²) in [7, 11) is 0. The molecule has 0 radical (unpaired) electrons. The summed E-state index contributed by atoms with van der Waals surface area (Å²) in [5, 5.41) is 0. The maximum atomic E-state index is 13.4. The predicted octanol–water partition coefficient (Wildman–Crippen LogP) is 3.73. The number of aromatic nitrogens is 3. The van der Waals surface area contributed by atoms with Crippen molar-refractivity contribution >= 4 is 21.8 Å². The van der Waals surface area contributed by atoms with E-state index in [1.165, 1.54) is 5.56 Å². The van der Waals surface area contributed by atoms with Crippen molar-refractivity contribution < 1.29 is 9.53 Å². The first-order valence-corrected chi connectivity index (χ1v) is 11.6. The molecule has 4 heterocycles. The number of pyridine rings is 1. The summed E-state index contributed by atoms with van der Waals surface area (Å²) in [6.45, 7) is 6.84. The topological polar surface area (TPSA) is 69.4 Å². The number of halogens is 1. The minimum atomic E-state index is -0.485. The van der Waals surface area contributed by atoms with Gasteiger partial charge in [-0.15, -0.1) is 0 Å². The highest BCUT2D eigenvalue weighted by Crippen LogP contribution is 2.36. The molecule has 5 rings (SSSR count). The number of nitrogens with zero attached hydrogens (tertiary/aromatic N) is 4. The Balaban J connectivity index is 1.42. The molecule has 1 aromatic carbocycles. The summed E-state index contributed by atoms with van der Waals surface area (Å²) in [6, 6.07) is 9.36. The van der Waals surface area contributed by atoms with Gasteiger partial charge in [0.1, 0.15) is 22.7 Å². The first-order chi connectivity index (χ1) is 15.2. The lowest BCUT2D eigenvalue weighted by molar-refractivity contribution is 0.00689. The predicted molar refractivity (Wildman–Crippen MR) is 125 cm³/mol. The molecule has 2 aromatic heterocycles. The Morgan fingerprint density at radius 1 is 1.25 bits per heavy atom. The van der Waals surface area contributed by atoms with Crippen molar-refractivity contribution in [3.63, 3.8) is 0 Å². The number of imidazole rings is 1. The van der Waals surface area contributed by atoms with Gasteiger partial charge in [-0.25, -0.2) is 4.98 Å². The van der Waals surface area contributed by atoms with Crippen LogP contribution >= 0.6 is 15.9 Å². The van der Waals surface area contributed by atoms with Gasteiger partial charge < -0.3 is 18.8 Å². The van der Waals surface area contributed by atoms with Gasteiger partial charge in [-0.2, -0.15) is 0 Å². The van der Waals surface area contributed by atoms with Crippen LogP contribution in [0.1, 0.15) is 42.0 Å². The first kappa shape index (κ1) is 21.0. The van der Waals surface area contributed by atoms with Gasteiger partial charge in [0, 0.05) is 23.3 Å². The van der Waals surface area contributed by atoms with Gasteiger partial charge in [0.25, 0.3) is 11.5 Å². The van der Waals surface area contributed by atoms with Crippen LogP contribution in [-0.4, -0.2) is 43.1 Å². The highest BCUT2D eigenvalue weighted by Gasteiger charge is 2.39. The van der Waals surface area contributed by atoms with E-state index in [0.717, 1.165) is 28.8 Å². The molecular formula is C24H25BrN4O3. The molecule has 0 bridgehead atoms. The van der Waals surface area contributed by atoms with Crippen molar-refractivity contribution in [3.05, 3.63) is 74.6 Å². The summed E-state index contributed by atoms with van der Waals surface area (Å²) in [5.74, 6) is 0.733. The zero-order chi connectivity index (χ0) is 22.6. The molecule has 1 amide bonds. The van der Waals surface area contributed by atoms with Crippen LogP contribution < -0.4 is 10.3 Å². The summed E-state index contributed by atoms with van der Waals surface area (Å²) >= 11 is 3.52. The minimum Gasteiger partial charge on any atom is -0.485 e. The van der Waals surface area contributed by atoms with E-state index < -0.39 is 5.60 Å². The molecule has 2 aliphatic heterocycles. The van der Waals surface area contributed by atoms with Crippen molar-refractivity contribution in [2.24, 2.45) is 0 Å². The molecule has 0 saturated heterocycles. The highest BCUT2D eigenvalue weighted by molar-refractivity contribution is 9.10. The standard InChI is InChI=1S/C24H25BrN4O3/c1-15-11-27(14-26-15)19-5-6-20-23(31)29(16(2)12-28(20)22(19)30)13-24(3)9-8-17-10-18(25)4-7-21(17)32-24/h4-7,10-11,14,16H,8-9,12-13H2,1-3H3/t16-,24?/m1/s1. The molecule has 0 fully saturated rings. The lowest BCUT2D eigenvalue weighted by Crippen LogP contribution is -2.56. The lowest BCUT2D eigenvalue weighted by Gasteiger charge is -2.43. The van der Waals surface area contributed by atoms with Crippen molar-refractivity contribution in [2.75, 3.05) is 6.54 Å². The van der Waals surface area contributed by atoms with Gasteiger partial charge in [-0.1, -0.05) is 15.9 Å². The highest BCUT2D eigenvalue weighted by atomic mass is 79.9. The third-order valence-corrected chi connectivity index (χ3v) is 6.90. The molecule has 0 saturated carbocycles. The lowest BCUT2D eigenvalue weighted by atomic mass is 9.91. The maximum Gasteiger partial charge on any atom is 0.275 e. The SMILES string of the molecule is Cc1cn(-c2ccc3n(c2=O)C[C@@H](C)N(CC2(C)CCc4cc(Br)ccc4O2)C3=O)cn1. The van der Waals surface area contributed by atoms with Gasteiger partial charge in [-0.05, 0) is 69.5 Å². The molecular weight excluding hydrogens is 472 g/mol. The quantitative estimate of drug-likeness (QED) is 0.553. The normalized spacial score (nSPS) is 22.3. The van der Waals surface area contributed by atoms with Crippen molar-refractivity contribution in [3.8, 4) is 11.4 Å². The van der Waals surface area contributed by atoms with Gasteiger partial charge in [0.05, 0.1) is 18.6 Å². The summed E-state index contributed by atoms with van der Waals surface area (Å²) in [5.41, 5.74) is 2.25. The Morgan fingerprint density at radius 2 is 2.06 bits per heavy atom. The van der Waals surface area contributed by atoms with Gasteiger partial charge in [0.2, 0.25) is 0 Å². The fraction of sp³-hybridized carbons (Fsp3) is 0.375. The Labute approximate surface area is 194 Å². The minimum absolute atomic E-state index is 0.126. The molecule has 166 valence electrons. The van der Waals surface area contributed by atoms with Crippen molar-refractivity contribution in [1.29, 1.82) is 0 Å². The number of aryl methyl sites for hydroxylation is 2. The summed E-state index contributed by atoms with van der Waals surface area (Å²) in [6.07, 6.45) is 5.14. The number of ether oxygens (including phenoxy) is 1. The molecule has 2 atom stereocenters. The van der Waals surface area contributed by atoms with E-state index in [0.29, 0.717) is 24.5 Å². The van der Waals surface area contributed by atoms with Crippen LogP contribution in [0.4, 0.5) is 0 Å². The number of amides is 1. The largest absolute Gasteiger partial charge is 0.485 e. The summed E-state index contributed by atoms with van der Waals surface area (Å²) < 4.78 is 10.7. The average Bonchev–Trinajstić information content (AvgIpc) is 3.18. The number of rotatable bonds is 3. The van der Waals surface area contributed by atoms with E-state index in [4.69, 9.17) is 4.74 Å². The molecule has 1 unspecified atom stereocenters. The zero-order valence-electron chi connectivity index (χ0n) is 18.3. The monoisotopic (exact) mass is 496 g/mol. The average molecular weight is 497 g/mol. The van der Waals surface area contributed by atoms with Crippen LogP contribution in [0.3, 0.4) is 0 Å². The second-order valence-electron chi connectivity index (χ2n) is 9.03. The van der Waals surface area contributed by atoms with Gasteiger partial charge in [0.15, 0.2) is 0 Å². The van der Waals surface area contributed by atoms with Crippen LogP contribution in [0, 0.1) is 6.92 Å². The Kier molecular flexibility index (Phi) is 5.00. The fourth-order valence-electron chi connectivity index (χ4n) is 4.65. The van der Waals surface area contributed by atoms with Crippen LogP contribution in [0.5, 0.6) is 5.75 Å². The summed E-state index contributed by atoms with van der Waals surface area (Å²) in [4.78, 5) is 32.6. The number of hydrogen-bond acceptors (Lipinski definition) is 4. The van der Waals surface area contributed by atoms with Gasteiger partial charge in [-0.3, -0.25) is 9.59 Å². The molecule has 3 aromatic rings. The third-order valence-electron chi connectivity index (χ3n) is 6.41. The van der Waals surface area contributed by atoms with E-state index in [2.05, 4.69) is 33.9 Å². The number of carbonyl (C=O) groups excluding carboxylic acids is 1. The van der Waals surface area contributed by atoms with Crippen LogP contribution in [0.2, 0.25) is 0 Å².